The minimum absolute atomic E-state index is 0.0298. The molecule has 1 aromatic carbocycles. The Morgan fingerprint density at radius 3 is 2.38 bits per heavy atom. The number of nitrogens with one attached hydrogen (secondary N) is 2. The molecule has 13 nitrogen and oxygen atoms in total. The van der Waals surface area contributed by atoms with E-state index >= 15 is 0 Å². The van der Waals surface area contributed by atoms with Crippen molar-refractivity contribution in [1.82, 2.24) is 24.2 Å². The summed E-state index contributed by atoms with van der Waals surface area (Å²) in [6, 6.07) is 4.16. The summed E-state index contributed by atoms with van der Waals surface area (Å²) in [6.45, 7) is 13.7. The SMILES string of the molecule is C=C[C@H](C)[C@@](C)(NC(=O)[C@@H]1C[C@@H](Oc2ccnc3c(C)c(OC)ccc23)CN1C(=O)[C@@H](O)C(C)(C)C)C(=O)NS(=O)(=O)N(C)C. The van der Waals surface area contributed by atoms with Crippen LogP contribution in [0.3, 0.4) is 0 Å². The molecule has 1 aromatic heterocycles. The van der Waals surface area contributed by atoms with Crippen LogP contribution in [0, 0.1) is 18.3 Å². The molecule has 1 aliphatic rings. The Bertz CT molecular complexity index is 1570. The number of hydrogen-bond acceptors (Lipinski definition) is 9. The van der Waals surface area contributed by atoms with E-state index in [1.807, 2.05) is 17.7 Å². The molecular weight excluding hydrogens is 602 g/mol. The number of ether oxygens (including phenoxy) is 2. The smallest absolute Gasteiger partial charge is 0.303 e. The third-order valence-electron chi connectivity index (χ3n) is 8.31. The molecule has 0 radical (unpaired) electrons. The van der Waals surface area contributed by atoms with Gasteiger partial charge in [-0.15, -0.1) is 6.58 Å². The van der Waals surface area contributed by atoms with Crippen molar-refractivity contribution in [3.05, 3.63) is 42.6 Å². The number of carbonyl (C=O) groups is 3. The predicted molar refractivity (Wildman–Crippen MR) is 170 cm³/mol. The van der Waals surface area contributed by atoms with Gasteiger partial charge < -0.3 is 24.8 Å². The number of aryl methyl sites for hydroxylation is 1. The molecule has 0 saturated carbocycles. The highest BCUT2D eigenvalue weighted by atomic mass is 32.2. The molecule has 3 amide bonds. The van der Waals surface area contributed by atoms with Gasteiger partial charge in [-0.1, -0.05) is 33.8 Å². The zero-order valence-corrected chi connectivity index (χ0v) is 28.2. The number of likely N-dealkylation sites (tertiary alicyclic amines) is 1. The molecule has 2 heterocycles. The molecule has 3 N–H and O–H groups in total. The molecule has 1 saturated heterocycles. The van der Waals surface area contributed by atoms with Gasteiger partial charge in [0.15, 0.2) is 0 Å². The summed E-state index contributed by atoms with van der Waals surface area (Å²) in [5, 5.41) is 14.3. The molecular formula is C31H45N5O8S. The van der Waals surface area contributed by atoms with Crippen molar-refractivity contribution in [1.29, 1.82) is 0 Å². The minimum atomic E-state index is -4.18. The van der Waals surface area contributed by atoms with Gasteiger partial charge in [0, 0.05) is 43.6 Å². The van der Waals surface area contributed by atoms with Crippen LogP contribution in [0.4, 0.5) is 0 Å². The van der Waals surface area contributed by atoms with E-state index in [4.69, 9.17) is 9.47 Å². The monoisotopic (exact) mass is 647 g/mol. The van der Waals surface area contributed by atoms with E-state index in [-0.39, 0.29) is 13.0 Å². The zero-order valence-electron chi connectivity index (χ0n) is 27.4. The van der Waals surface area contributed by atoms with Crippen molar-refractivity contribution in [3.63, 3.8) is 0 Å². The lowest BCUT2D eigenvalue weighted by atomic mass is 9.85. The van der Waals surface area contributed by atoms with Crippen LogP contribution >= 0.6 is 0 Å². The van der Waals surface area contributed by atoms with Crippen LogP contribution < -0.4 is 19.5 Å². The van der Waals surface area contributed by atoms with Crippen molar-refractivity contribution in [2.45, 2.75) is 71.8 Å². The first-order valence-corrected chi connectivity index (χ1v) is 16.0. The number of rotatable bonds is 11. The number of carbonyl (C=O) groups excluding carboxylic acids is 3. The van der Waals surface area contributed by atoms with E-state index in [1.165, 1.54) is 32.0 Å². The summed E-state index contributed by atoms with van der Waals surface area (Å²) in [4.78, 5) is 46.6. The number of pyridine rings is 1. The number of benzene rings is 1. The molecule has 1 aliphatic heterocycles. The summed E-state index contributed by atoms with van der Waals surface area (Å²) in [7, 11) is -0.0916. The van der Waals surface area contributed by atoms with Crippen molar-refractivity contribution in [3.8, 4) is 11.5 Å². The lowest BCUT2D eigenvalue weighted by Crippen LogP contribution is -2.64. The van der Waals surface area contributed by atoms with Gasteiger partial charge in [-0.2, -0.15) is 12.7 Å². The number of aromatic nitrogens is 1. The molecule has 1 fully saturated rings. The highest BCUT2D eigenvalue weighted by Gasteiger charge is 2.48. The highest BCUT2D eigenvalue weighted by molar-refractivity contribution is 7.87. The van der Waals surface area contributed by atoms with E-state index in [2.05, 4.69) is 16.9 Å². The van der Waals surface area contributed by atoms with Gasteiger partial charge in [-0.25, -0.2) is 4.72 Å². The lowest BCUT2D eigenvalue weighted by Gasteiger charge is -2.36. The Labute approximate surface area is 265 Å². The van der Waals surface area contributed by atoms with Crippen LogP contribution in [0.25, 0.3) is 10.9 Å². The summed E-state index contributed by atoms with van der Waals surface area (Å²) >= 11 is 0. The number of nitrogens with zero attached hydrogens (tertiary/aromatic N) is 3. The average molecular weight is 648 g/mol. The Kier molecular flexibility index (Phi) is 10.6. The number of hydrogen-bond donors (Lipinski definition) is 3. The topological polar surface area (TPSA) is 167 Å². The van der Waals surface area contributed by atoms with Crippen LogP contribution in [0.5, 0.6) is 11.5 Å². The fourth-order valence-corrected chi connectivity index (χ4v) is 5.62. The van der Waals surface area contributed by atoms with Gasteiger partial charge in [0.1, 0.15) is 35.3 Å². The number of aliphatic hydroxyl groups excluding tert-OH is 1. The first-order valence-electron chi connectivity index (χ1n) is 14.5. The van der Waals surface area contributed by atoms with Crippen molar-refractivity contribution >= 4 is 38.8 Å². The fraction of sp³-hybridized carbons (Fsp3) is 0.548. The second kappa shape index (κ2) is 13.3. The predicted octanol–water partition coefficient (Wildman–Crippen LogP) is 1.93. The Morgan fingerprint density at radius 1 is 1.18 bits per heavy atom. The minimum Gasteiger partial charge on any atom is -0.496 e. The van der Waals surface area contributed by atoms with Gasteiger partial charge >= 0.3 is 10.2 Å². The maximum absolute atomic E-state index is 14.0. The van der Waals surface area contributed by atoms with E-state index in [9.17, 15) is 27.9 Å². The lowest BCUT2D eigenvalue weighted by molar-refractivity contribution is -0.150. The third kappa shape index (κ3) is 7.39. The van der Waals surface area contributed by atoms with E-state index in [0.717, 1.165) is 9.87 Å². The van der Waals surface area contributed by atoms with E-state index in [0.29, 0.717) is 22.4 Å². The average Bonchev–Trinajstić information content (AvgIpc) is 3.39. The second-order valence-corrected chi connectivity index (χ2v) is 14.7. The zero-order chi connectivity index (χ0) is 34.1. The Hall–Kier alpha value is -3.75. The number of aliphatic hydroxyl groups is 1. The van der Waals surface area contributed by atoms with Crippen molar-refractivity contribution in [2.75, 3.05) is 27.7 Å². The van der Waals surface area contributed by atoms with Crippen LogP contribution in [0.1, 0.15) is 46.6 Å². The molecule has 248 valence electrons. The Morgan fingerprint density at radius 2 is 1.82 bits per heavy atom. The summed E-state index contributed by atoms with van der Waals surface area (Å²) < 4.78 is 39.5. The van der Waals surface area contributed by atoms with Crippen LogP contribution in [0.15, 0.2) is 37.1 Å². The molecule has 0 unspecified atom stereocenters. The standard InChI is InChI=1S/C31H45N5O8S/c1-11-18(2)31(7,29(40)34-45(41,42)35(8)9)33-27(38)22-16-20(17-36(22)28(39)26(37)30(4,5)6)44-24-14-15-32-25-19(3)23(43-10)13-12-21(24)25/h11-15,18,20,22,26,37H,1,16-17H2,2-10H3,(H,33,38)(H,34,40)/t18-,20+,22-,26+,31+/m0/s1. The van der Waals surface area contributed by atoms with E-state index < -0.39 is 63.1 Å². The Balaban J connectivity index is 1.99. The number of fused-ring (bicyclic) bond motifs is 1. The third-order valence-corrected chi connectivity index (χ3v) is 9.72. The summed E-state index contributed by atoms with van der Waals surface area (Å²) in [5.41, 5.74) is -1.11. The highest BCUT2D eigenvalue weighted by Crippen LogP contribution is 2.34. The molecule has 5 atom stereocenters. The molecule has 14 heteroatoms. The van der Waals surface area contributed by atoms with Gasteiger partial charge in [0.25, 0.3) is 11.8 Å². The molecule has 2 aromatic rings. The van der Waals surface area contributed by atoms with Crippen LogP contribution in [0.2, 0.25) is 0 Å². The van der Waals surface area contributed by atoms with Crippen LogP contribution in [-0.4, -0.2) is 97.0 Å². The maximum atomic E-state index is 14.0. The summed E-state index contributed by atoms with van der Waals surface area (Å²) in [5.74, 6) is -1.95. The van der Waals surface area contributed by atoms with Gasteiger partial charge in [-0.3, -0.25) is 19.4 Å². The van der Waals surface area contributed by atoms with Gasteiger partial charge in [-0.05, 0) is 37.5 Å². The molecule has 0 bridgehead atoms. The molecule has 3 rings (SSSR count). The largest absolute Gasteiger partial charge is 0.496 e. The molecule has 0 spiro atoms. The fourth-order valence-electron chi connectivity index (χ4n) is 4.99. The van der Waals surface area contributed by atoms with E-state index in [1.54, 1.807) is 53.1 Å². The molecule has 45 heavy (non-hydrogen) atoms. The number of methoxy groups -OCH3 is 1. The van der Waals surface area contributed by atoms with Gasteiger partial charge in [0.2, 0.25) is 5.91 Å². The van der Waals surface area contributed by atoms with Crippen molar-refractivity contribution < 1.29 is 37.4 Å². The number of amides is 3. The molecule has 0 aliphatic carbocycles. The normalized spacial score (nSPS) is 19.8. The first kappa shape index (κ1) is 35.7. The second-order valence-electron chi connectivity index (χ2n) is 12.8. The van der Waals surface area contributed by atoms with Crippen LogP contribution in [-0.2, 0) is 24.6 Å². The summed E-state index contributed by atoms with van der Waals surface area (Å²) in [6.07, 6.45) is 0.939. The first-order chi connectivity index (χ1) is 20.8. The quantitative estimate of drug-likeness (QED) is 0.309. The maximum Gasteiger partial charge on any atom is 0.303 e. The van der Waals surface area contributed by atoms with Crippen molar-refractivity contribution in [2.24, 2.45) is 11.3 Å². The van der Waals surface area contributed by atoms with Gasteiger partial charge in [0.05, 0.1) is 19.2 Å².